The number of Topliss-reactive ketones (excluding diaryl/α,β-unsaturated/α-hetero) is 2. The molecule has 1 aliphatic heterocycles. The number of alkyl halides is 3. The largest absolute Gasteiger partial charge is 0.416 e. The molecule has 0 radical (unpaired) electrons. The second-order valence-electron chi connectivity index (χ2n) is 5.84. The third-order valence-corrected chi connectivity index (χ3v) is 5.23. The number of ketones is 2. The number of halogens is 3. The minimum absolute atomic E-state index is 0.0167. The fourth-order valence-corrected chi connectivity index (χ4v) is 3.61. The molecule has 130 valence electrons. The third kappa shape index (κ3) is 3.98. The van der Waals surface area contributed by atoms with E-state index in [-0.39, 0.29) is 17.4 Å². The lowest BCUT2D eigenvalue weighted by atomic mass is 9.91. The van der Waals surface area contributed by atoms with Crippen LogP contribution in [0, 0.1) is 11.8 Å². The lowest BCUT2D eigenvalue weighted by Crippen LogP contribution is -2.46. The van der Waals surface area contributed by atoms with Crippen LogP contribution < -0.4 is 5.32 Å². The zero-order valence-electron chi connectivity index (χ0n) is 13.0. The molecule has 1 saturated heterocycles. The maximum absolute atomic E-state index is 12.5. The minimum Gasteiger partial charge on any atom is -0.325 e. The van der Waals surface area contributed by atoms with Crippen molar-refractivity contribution in [3.8, 4) is 0 Å². The molecule has 1 aromatic carbocycles. The van der Waals surface area contributed by atoms with Gasteiger partial charge >= 0.3 is 6.18 Å². The average Bonchev–Trinajstić information content (AvgIpc) is 2.46. The molecule has 0 saturated carbocycles. The van der Waals surface area contributed by atoms with Gasteiger partial charge in [-0.1, -0.05) is 13.8 Å². The zero-order chi connectivity index (χ0) is 18.1. The molecule has 0 aromatic heterocycles. The Hall–Kier alpha value is -1.83. The highest BCUT2D eigenvalue weighted by molar-refractivity contribution is 8.01. The Morgan fingerprint density at radius 3 is 2.29 bits per heavy atom. The monoisotopic (exact) mass is 359 g/mol. The third-order valence-electron chi connectivity index (χ3n) is 3.64. The summed E-state index contributed by atoms with van der Waals surface area (Å²) in [7, 11) is 0. The van der Waals surface area contributed by atoms with Crippen molar-refractivity contribution < 1.29 is 27.6 Å². The Morgan fingerprint density at radius 1 is 1.21 bits per heavy atom. The summed E-state index contributed by atoms with van der Waals surface area (Å²) in [5.74, 6) is -3.07. The van der Waals surface area contributed by atoms with Crippen LogP contribution in [-0.2, 0) is 20.6 Å². The number of hydrogen-bond donors (Lipinski definition) is 1. The van der Waals surface area contributed by atoms with Gasteiger partial charge in [0, 0.05) is 5.69 Å². The molecule has 0 bridgehead atoms. The minimum atomic E-state index is -4.47. The van der Waals surface area contributed by atoms with Gasteiger partial charge in [0.25, 0.3) is 0 Å². The molecular formula is C16H16F3NO3S. The Kier molecular flexibility index (Phi) is 5.37. The summed E-state index contributed by atoms with van der Waals surface area (Å²) < 4.78 is 37.5. The van der Waals surface area contributed by atoms with E-state index < -0.39 is 40.4 Å². The number of hydrogen-bond acceptors (Lipinski definition) is 4. The van der Waals surface area contributed by atoms with E-state index in [0.717, 1.165) is 24.3 Å². The van der Waals surface area contributed by atoms with E-state index in [4.69, 9.17) is 0 Å². The predicted octanol–water partition coefficient (Wildman–Crippen LogP) is 3.17. The molecule has 1 amide bonds. The summed E-state index contributed by atoms with van der Waals surface area (Å²) in [6, 6.07) is 3.83. The van der Waals surface area contributed by atoms with E-state index in [1.807, 2.05) is 13.8 Å². The number of benzene rings is 1. The molecule has 8 heteroatoms. The standard InChI is InChI=1S/C16H16F3NO3S/c1-8(2)14-13(22)12(11(21)7-24-14)15(23)20-10-5-3-9(4-6-10)16(17,18)19/h3-6,8,12,14H,7H2,1-2H3,(H,20,23). The van der Waals surface area contributed by atoms with Crippen LogP contribution in [0.4, 0.5) is 18.9 Å². The van der Waals surface area contributed by atoms with Crippen LogP contribution in [0.1, 0.15) is 19.4 Å². The van der Waals surface area contributed by atoms with E-state index in [1.165, 1.54) is 11.8 Å². The fraction of sp³-hybridized carbons (Fsp3) is 0.438. The van der Waals surface area contributed by atoms with Crippen LogP contribution in [-0.4, -0.2) is 28.5 Å². The highest BCUT2D eigenvalue weighted by atomic mass is 32.2. The number of nitrogens with one attached hydrogen (secondary N) is 1. The zero-order valence-corrected chi connectivity index (χ0v) is 13.8. The molecule has 1 N–H and O–H groups in total. The molecule has 2 rings (SSSR count). The molecule has 1 aromatic rings. The number of rotatable bonds is 3. The summed E-state index contributed by atoms with van der Waals surface area (Å²) in [6.07, 6.45) is -4.47. The topological polar surface area (TPSA) is 63.2 Å². The first-order valence-electron chi connectivity index (χ1n) is 7.27. The van der Waals surface area contributed by atoms with Crippen molar-refractivity contribution in [1.82, 2.24) is 0 Å². The molecule has 4 nitrogen and oxygen atoms in total. The van der Waals surface area contributed by atoms with Crippen LogP contribution >= 0.6 is 11.8 Å². The summed E-state index contributed by atoms with van der Waals surface area (Å²) >= 11 is 1.22. The van der Waals surface area contributed by atoms with Crippen LogP contribution in [0.3, 0.4) is 0 Å². The summed E-state index contributed by atoms with van der Waals surface area (Å²) in [6.45, 7) is 3.66. The normalized spacial score (nSPS) is 21.9. The molecular weight excluding hydrogens is 343 g/mol. The molecule has 1 heterocycles. The van der Waals surface area contributed by atoms with E-state index in [9.17, 15) is 27.6 Å². The first-order valence-corrected chi connectivity index (χ1v) is 8.32. The number of thioether (sulfide) groups is 1. The van der Waals surface area contributed by atoms with Gasteiger partial charge in [0.1, 0.15) is 0 Å². The quantitative estimate of drug-likeness (QED) is 0.842. The summed E-state index contributed by atoms with van der Waals surface area (Å²) in [5.41, 5.74) is -0.741. The van der Waals surface area contributed by atoms with Crippen LogP contribution in [0.2, 0.25) is 0 Å². The lowest BCUT2D eigenvalue weighted by molar-refractivity contribution is -0.139. The van der Waals surface area contributed by atoms with Gasteiger partial charge in [0.2, 0.25) is 5.91 Å². The Morgan fingerprint density at radius 2 is 1.79 bits per heavy atom. The first-order chi connectivity index (χ1) is 11.1. The van der Waals surface area contributed by atoms with E-state index >= 15 is 0 Å². The van der Waals surface area contributed by atoms with Crippen molar-refractivity contribution in [2.75, 3.05) is 11.1 Å². The van der Waals surface area contributed by atoms with Gasteiger partial charge in [-0.25, -0.2) is 0 Å². The van der Waals surface area contributed by atoms with Crippen molar-refractivity contribution >= 4 is 34.9 Å². The van der Waals surface area contributed by atoms with Gasteiger partial charge in [-0.2, -0.15) is 13.2 Å². The molecule has 1 fully saturated rings. The average molecular weight is 359 g/mol. The van der Waals surface area contributed by atoms with Crippen molar-refractivity contribution in [2.24, 2.45) is 11.8 Å². The van der Waals surface area contributed by atoms with Gasteiger partial charge in [-0.3, -0.25) is 14.4 Å². The number of anilines is 1. The van der Waals surface area contributed by atoms with Crippen LogP contribution in [0.15, 0.2) is 24.3 Å². The van der Waals surface area contributed by atoms with Crippen molar-refractivity contribution in [3.63, 3.8) is 0 Å². The highest BCUT2D eigenvalue weighted by Crippen LogP contribution is 2.31. The number of amides is 1. The molecule has 1 aliphatic rings. The molecule has 0 aliphatic carbocycles. The van der Waals surface area contributed by atoms with Gasteiger partial charge in [-0.05, 0) is 30.2 Å². The lowest BCUT2D eigenvalue weighted by Gasteiger charge is -2.28. The van der Waals surface area contributed by atoms with E-state index in [2.05, 4.69) is 5.32 Å². The molecule has 0 spiro atoms. The van der Waals surface area contributed by atoms with Crippen molar-refractivity contribution in [1.29, 1.82) is 0 Å². The predicted molar refractivity (Wildman–Crippen MR) is 84.7 cm³/mol. The summed E-state index contributed by atoms with van der Waals surface area (Å²) in [4.78, 5) is 36.5. The van der Waals surface area contributed by atoms with Crippen molar-refractivity contribution in [3.05, 3.63) is 29.8 Å². The molecule has 24 heavy (non-hydrogen) atoms. The SMILES string of the molecule is CC(C)C1SCC(=O)C(C(=O)Nc2ccc(C(F)(F)F)cc2)C1=O. The fourth-order valence-electron chi connectivity index (χ4n) is 2.41. The number of carbonyl (C=O) groups is 3. The van der Waals surface area contributed by atoms with Gasteiger partial charge < -0.3 is 5.32 Å². The number of carbonyl (C=O) groups excluding carboxylic acids is 3. The second-order valence-corrected chi connectivity index (χ2v) is 6.97. The first kappa shape index (κ1) is 18.5. The van der Waals surface area contributed by atoms with E-state index in [0.29, 0.717) is 0 Å². The molecule has 2 unspecified atom stereocenters. The van der Waals surface area contributed by atoms with Gasteiger partial charge in [-0.15, -0.1) is 11.8 Å². The smallest absolute Gasteiger partial charge is 0.325 e. The van der Waals surface area contributed by atoms with Gasteiger partial charge in [0.05, 0.1) is 16.6 Å². The van der Waals surface area contributed by atoms with Crippen LogP contribution in [0.25, 0.3) is 0 Å². The maximum atomic E-state index is 12.5. The van der Waals surface area contributed by atoms with E-state index in [1.54, 1.807) is 0 Å². The maximum Gasteiger partial charge on any atom is 0.416 e. The summed E-state index contributed by atoms with van der Waals surface area (Å²) in [5, 5.41) is 1.91. The Labute approximate surface area is 141 Å². The second kappa shape index (κ2) is 6.96. The Balaban J connectivity index is 2.13. The molecule has 2 atom stereocenters. The Bertz CT molecular complexity index is 656. The van der Waals surface area contributed by atoms with Crippen molar-refractivity contribution in [2.45, 2.75) is 25.3 Å². The highest BCUT2D eigenvalue weighted by Gasteiger charge is 2.43. The van der Waals surface area contributed by atoms with Gasteiger partial charge in [0.15, 0.2) is 17.5 Å². The van der Waals surface area contributed by atoms with Crippen LogP contribution in [0.5, 0.6) is 0 Å².